The molecule has 2 amide bonds. The summed E-state index contributed by atoms with van der Waals surface area (Å²) in [6, 6.07) is 12.6. The number of amides is 2. The highest BCUT2D eigenvalue weighted by Crippen LogP contribution is 2.15. The standard InChI is InChI=1S/C22H29N3O6S/c1-3-31-15-5-13-24-32(28,29)20-10-8-18(9-11-20)25-21(26)12-14-23-22(27)17-6-4-7-19(16-17)30-2/h4,6-11,16,24H,3,5,12-15H2,1-2H3,(H,23,27)(H,25,26). The van der Waals surface area contributed by atoms with Crippen molar-refractivity contribution in [2.75, 3.05) is 38.7 Å². The van der Waals surface area contributed by atoms with Crippen LogP contribution in [-0.4, -0.2) is 53.6 Å². The first kappa shape index (κ1) is 25.3. The van der Waals surface area contributed by atoms with Gasteiger partial charge in [-0.3, -0.25) is 9.59 Å². The molecule has 0 aliphatic heterocycles. The molecular weight excluding hydrogens is 434 g/mol. The minimum Gasteiger partial charge on any atom is -0.497 e. The lowest BCUT2D eigenvalue weighted by molar-refractivity contribution is -0.116. The molecule has 10 heteroatoms. The van der Waals surface area contributed by atoms with Crippen LogP contribution >= 0.6 is 0 Å². The zero-order chi connectivity index (χ0) is 23.4. The second-order valence-electron chi connectivity index (χ2n) is 6.76. The van der Waals surface area contributed by atoms with E-state index in [1.54, 1.807) is 24.3 Å². The van der Waals surface area contributed by atoms with Crippen LogP contribution in [0.5, 0.6) is 5.75 Å². The summed E-state index contributed by atoms with van der Waals surface area (Å²) in [6.07, 6.45) is 0.646. The first-order valence-electron chi connectivity index (χ1n) is 10.3. The van der Waals surface area contributed by atoms with Crippen molar-refractivity contribution in [3.63, 3.8) is 0 Å². The largest absolute Gasteiger partial charge is 0.497 e. The normalized spacial score (nSPS) is 11.1. The Morgan fingerprint density at radius 2 is 1.78 bits per heavy atom. The van der Waals surface area contributed by atoms with Gasteiger partial charge in [-0.2, -0.15) is 0 Å². The Labute approximate surface area is 188 Å². The molecule has 0 aliphatic rings. The molecule has 0 spiro atoms. The van der Waals surface area contributed by atoms with Crippen molar-refractivity contribution in [3.05, 3.63) is 54.1 Å². The molecule has 0 unspecified atom stereocenters. The third-order valence-electron chi connectivity index (χ3n) is 4.38. The number of benzene rings is 2. The summed E-state index contributed by atoms with van der Waals surface area (Å²) in [4.78, 5) is 24.4. The average molecular weight is 464 g/mol. The zero-order valence-electron chi connectivity index (χ0n) is 18.2. The molecule has 0 aromatic heterocycles. The van der Waals surface area contributed by atoms with Gasteiger partial charge in [0.25, 0.3) is 5.91 Å². The van der Waals surface area contributed by atoms with Crippen molar-refractivity contribution < 1.29 is 27.5 Å². The van der Waals surface area contributed by atoms with Crippen molar-refractivity contribution >= 4 is 27.5 Å². The number of nitrogens with one attached hydrogen (secondary N) is 3. The van der Waals surface area contributed by atoms with E-state index in [2.05, 4.69) is 15.4 Å². The van der Waals surface area contributed by atoms with Crippen molar-refractivity contribution in [1.29, 1.82) is 0 Å². The van der Waals surface area contributed by atoms with Crippen LogP contribution in [-0.2, 0) is 19.6 Å². The number of hydrogen-bond acceptors (Lipinski definition) is 6. The maximum absolute atomic E-state index is 12.3. The van der Waals surface area contributed by atoms with Crippen LogP contribution in [0.3, 0.4) is 0 Å². The maximum atomic E-state index is 12.3. The molecule has 0 atom stereocenters. The van der Waals surface area contributed by atoms with E-state index in [0.717, 1.165) is 0 Å². The Bertz CT molecular complexity index is 993. The Hall–Kier alpha value is -2.95. The predicted molar refractivity (Wildman–Crippen MR) is 121 cm³/mol. The minimum atomic E-state index is -3.62. The summed E-state index contributed by atoms with van der Waals surface area (Å²) in [7, 11) is -2.10. The van der Waals surface area contributed by atoms with E-state index in [-0.39, 0.29) is 36.2 Å². The number of ether oxygens (including phenoxy) is 2. The lowest BCUT2D eigenvalue weighted by Gasteiger charge is -2.09. The van der Waals surface area contributed by atoms with Gasteiger partial charge in [-0.05, 0) is 55.8 Å². The van der Waals surface area contributed by atoms with Crippen molar-refractivity contribution in [2.24, 2.45) is 0 Å². The Morgan fingerprint density at radius 3 is 2.47 bits per heavy atom. The summed E-state index contributed by atoms with van der Waals surface area (Å²) in [5, 5.41) is 5.35. The fraction of sp³-hybridized carbons (Fsp3) is 0.364. The summed E-state index contributed by atoms with van der Waals surface area (Å²) >= 11 is 0. The Morgan fingerprint density at radius 1 is 1.03 bits per heavy atom. The van der Waals surface area contributed by atoms with Crippen LogP contribution in [0.25, 0.3) is 0 Å². The van der Waals surface area contributed by atoms with E-state index in [1.165, 1.54) is 31.4 Å². The number of carbonyl (C=O) groups is 2. The predicted octanol–water partition coefficient (Wildman–Crippen LogP) is 2.16. The van der Waals surface area contributed by atoms with Crippen LogP contribution in [0.1, 0.15) is 30.1 Å². The van der Waals surface area contributed by atoms with Crippen molar-refractivity contribution in [3.8, 4) is 5.75 Å². The van der Waals surface area contributed by atoms with E-state index in [9.17, 15) is 18.0 Å². The molecule has 0 saturated heterocycles. The van der Waals surface area contributed by atoms with Crippen LogP contribution in [0.4, 0.5) is 5.69 Å². The molecule has 0 heterocycles. The van der Waals surface area contributed by atoms with Crippen LogP contribution in [0, 0.1) is 0 Å². The second-order valence-corrected chi connectivity index (χ2v) is 8.53. The maximum Gasteiger partial charge on any atom is 0.251 e. The zero-order valence-corrected chi connectivity index (χ0v) is 19.0. The molecule has 3 N–H and O–H groups in total. The summed E-state index contributed by atoms with van der Waals surface area (Å²) < 4.78 is 37.3. The number of sulfonamides is 1. The SMILES string of the molecule is CCOCCCNS(=O)(=O)c1ccc(NC(=O)CCNC(=O)c2cccc(OC)c2)cc1. The van der Waals surface area contributed by atoms with Crippen LogP contribution < -0.4 is 20.1 Å². The van der Waals surface area contributed by atoms with Gasteiger partial charge in [0, 0.05) is 44.0 Å². The molecule has 0 bridgehead atoms. The molecule has 2 aromatic rings. The molecule has 0 aliphatic carbocycles. The van der Waals surface area contributed by atoms with E-state index in [0.29, 0.717) is 36.6 Å². The van der Waals surface area contributed by atoms with Gasteiger partial charge in [0.2, 0.25) is 15.9 Å². The number of methoxy groups -OCH3 is 1. The van der Waals surface area contributed by atoms with Crippen molar-refractivity contribution in [1.82, 2.24) is 10.0 Å². The molecule has 0 saturated carbocycles. The molecule has 9 nitrogen and oxygen atoms in total. The first-order valence-corrected chi connectivity index (χ1v) is 11.7. The minimum absolute atomic E-state index is 0.0666. The third kappa shape index (κ3) is 8.29. The van der Waals surface area contributed by atoms with Gasteiger partial charge in [-0.25, -0.2) is 13.1 Å². The van der Waals surface area contributed by atoms with Crippen molar-refractivity contribution in [2.45, 2.75) is 24.7 Å². The lowest BCUT2D eigenvalue weighted by atomic mass is 10.2. The average Bonchev–Trinajstić information content (AvgIpc) is 2.79. The Balaban J connectivity index is 1.78. The smallest absolute Gasteiger partial charge is 0.251 e. The third-order valence-corrected chi connectivity index (χ3v) is 5.86. The van der Waals surface area contributed by atoms with E-state index < -0.39 is 10.0 Å². The second kappa shape index (κ2) is 12.8. The topological polar surface area (TPSA) is 123 Å². The number of anilines is 1. The highest BCUT2D eigenvalue weighted by Gasteiger charge is 2.13. The molecule has 2 rings (SSSR count). The number of rotatable bonds is 13. The highest BCUT2D eigenvalue weighted by atomic mass is 32.2. The number of carbonyl (C=O) groups excluding carboxylic acids is 2. The Kier molecular flexibility index (Phi) is 10.1. The first-order chi connectivity index (χ1) is 15.4. The monoisotopic (exact) mass is 463 g/mol. The fourth-order valence-corrected chi connectivity index (χ4v) is 3.78. The molecule has 174 valence electrons. The molecule has 0 fully saturated rings. The summed E-state index contributed by atoms with van der Waals surface area (Å²) in [6.45, 7) is 3.39. The van der Waals surface area contributed by atoms with E-state index in [4.69, 9.17) is 9.47 Å². The van der Waals surface area contributed by atoms with Gasteiger partial charge >= 0.3 is 0 Å². The van der Waals surface area contributed by atoms with Crippen LogP contribution in [0.2, 0.25) is 0 Å². The van der Waals surface area contributed by atoms with Gasteiger partial charge < -0.3 is 20.1 Å². The van der Waals surface area contributed by atoms with Gasteiger partial charge in [0.05, 0.1) is 12.0 Å². The molecular formula is C22H29N3O6S. The lowest BCUT2D eigenvalue weighted by Crippen LogP contribution is -2.27. The molecule has 32 heavy (non-hydrogen) atoms. The fourth-order valence-electron chi connectivity index (χ4n) is 2.71. The van der Waals surface area contributed by atoms with Gasteiger partial charge in [-0.15, -0.1) is 0 Å². The van der Waals surface area contributed by atoms with Gasteiger partial charge in [-0.1, -0.05) is 6.07 Å². The molecule has 2 aromatic carbocycles. The van der Waals surface area contributed by atoms with E-state index >= 15 is 0 Å². The van der Waals surface area contributed by atoms with Gasteiger partial charge in [0.1, 0.15) is 5.75 Å². The molecule has 0 radical (unpaired) electrons. The van der Waals surface area contributed by atoms with Crippen LogP contribution in [0.15, 0.2) is 53.4 Å². The van der Waals surface area contributed by atoms with E-state index in [1.807, 2.05) is 6.92 Å². The quantitative estimate of drug-likeness (QED) is 0.391. The summed E-state index contributed by atoms with van der Waals surface area (Å²) in [5.41, 5.74) is 0.900. The van der Waals surface area contributed by atoms with Gasteiger partial charge in [0.15, 0.2) is 0 Å². The number of hydrogen-bond donors (Lipinski definition) is 3. The highest BCUT2D eigenvalue weighted by molar-refractivity contribution is 7.89. The summed E-state index contributed by atoms with van der Waals surface area (Å²) in [5.74, 6) is -0.0396.